The molecule has 4 nitrogen and oxygen atoms in total. The first-order chi connectivity index (χ1) is 14.0. The SMILES string of the molecule is C[N+]1=CC(C(=O)Oc2ccc3c(c2)CCC2C3CC[C@@]3(C)C2CC[C@@H]3O)CC=C1. The summed E-state index contributed by atoms with van der Waals surface area (Å²) in [5.41, 5.74) is 2.92. The van der Waals surface area contributed by atoms with E-state index in [4.69, 9.17) is 4.74 Å². The summed E-state index contributed by atoms with van der Waals surface area (Å²) < 4.78 is 7.66. The summed E-state index contributed by atoms with van der Waals surface area (Å²) >= 11 is 0. The molecule has 6 atom stereocenters. The van der Waals surface area contributed by atoms with E-state index in [1.54, 1.807) is 0 Å². The Bertz CT molecular complexity index is 888. The van der Waals surface area contributed by atoms with Crippen LogP contribution in [0.1, 0.15) is 62.5 Å². The fourth-order valence-electron chi connectivity index (χ4n) is 6.71. The van der Waals surface area contributed by atoms with E-state index in [0.717, 1.165) is 25.7 Å². The molecule has 4 heteroatoms. The van der Waals surface area contributed by atoms with Crippen LogP contribution in [0.2, 0.25) is 0 Å². The van der Waals surface area contributed by atoms with Crippen molar-refractivity contribution in [1.29, 1.82) is 0 Å². The molecule has 1 heterocycles. The summed E-state index contributed by atoms with van der Waals surface area (Å²) in [5.74, 6) is 2.21. The molecule has 0 aromatic heterocycles. The number of esters is 1. The van der Waals surface area contributed by atoms with E-state index in [1.165, 1.54) is 24.0 Å². The molecular weight excluding hydrogens is 362 g/mol. The Kier molecular flexibility index (Phi) is 4.65. The van der Waals surface area contributed by atoms with Gasteiger partial charge in [-0.15, -0.1) is 0 Å². The highest BCUT2D eigenvalue weighted by molar-refractivity contribution is 5.90. The van der Waals surface area contributed by atoms with Crippen molar-refractivity contribution in [3.63, 3.8) is 0 Å². The molecule has 1 aromatic rings. The lowest BCUT2D eigenvalue weighted by atomic mass is 9.55. The predicted octanol–water partition coefficient (Wildman–Crippen LogP) is 4.06. The molecule has 0 spiro atoms. The fraction of sp³-hybridized carbons (Fsp3) is 0.600. The van der Waals surface area contributed by atoms with Gasteiger partial charge in [-0.1, -0.05) is 13.0 Å². The van der Waals surface area contributed by atoms with Crippen LogP contribution in [0.4, 0.5) is 0 Å². The van der Waals surface area contributed by atoms with Gasteiger partial charge in [0.25, 0.3) is 0 Å². The molecular formula is C25H32NO3+. The van der Waals surface area contributed by atoms with Gasteiger partial charge in [0.1, 0.15) is 18.7 Å². The summed E-state index contributed by atoms with van der Waals surface area (Å²) in [7, 11) is 1.93. The highest BCUT2D eigenvalue weighted by Gasteiger charge is 2.54. The third-order valence-electron chi connectivity index (χ3n) is 8.31. The highest BCUT2D eigenvalue weighted by Crippen LogP contribution is 2.60. The van der Waals surface area contributed by atoms with Crippen molar-refractivity contribution in [1.82, 2.24) is 0 Å². The largest absolute Gasteiger partial charge is 0.426 e. The summed E-state index contributed by atoms with van der Waals surface area (Å²) in [6.07, 6.45) is 13.1. The van der Waals surface area contributed by atoms with E-state index >= 15 is 0 Å². The highest BCUT2D eigenvalue weighted by atomic mass is 16.5. The van der Waals surface area contributed by atoms with Crippen molar-refractivity contribution in [3.8, 4) is 5.75 Å². The molecule has 1 aliphatic heterocycles. The standard InChI is InChI=1S/C25H32NO3/c1-25-12-11-20-19-8-6-18(29-24(28)17-4-3-13-26(2)15-17)14-16(19)5-7-21(20)22(25)9-10-23(25)27/h3,6,8,13-15,17,20-23,27H,4-5,7,9-12H2,1-2H3/q+1/t17?,20?,21?,22?,23-,25-/m0/s1. The van der Waals surface area contributed by atoms with Gasteiger partial charge in [-0.05, 0) is 97.5 Å². The Balaban J connectivity index is 1.34. The average molecular weight is 395 g/mol. The molecule has 0 amide bonds. The first-order valence-corrected chi connectivity index (χ1v) is 11.2. The van der Waals surface area contributed by atoms with Crippen LogP contribution in [0.3, 0.4) is 0 Å². The first kappa shape index (κ1) is 19.0. The van der Waals surface area contributed by atoms with Crippen molar-refractivity contribution >= 4 is 12.2 Å². The normalized spacial score (nSPS) is 37.9. The van der Waals surface area contributed by atoms with E-state index in [1.807, 2.05) is 36.2 Å². The minimum absolute atomic E-state index is 0.117. The number of nitrogens with zero attached hydrogens (tertiary/aromatic N) is 1. The molecule has 5 rings (SSSR count). The third-order valence-corrected chi connectivity index (χ3v) is 8.31. The van der Waals surface area contributed by atoms with Crippen LogP contribution in [0, 0.1) is 23.2 Å². The first-order valence-electron chi connectivity index (χ1n) is 11.2. The van der Waals surface area contributed by atoms with E-state index in [-0.39, 0.29) is 23.4 Å². The molecule has 2 saturated carbocycles. The monoisotopic (exact) mass is 394 g/mol. The van der Waals surface area contributed by atoms with Crippen molar-refractivity contribution in [3.05, 3.63) is 41.6 Å². The van der Waals surface area contributed by atoms with E-state index in [0.29, 0.717) is 29.9 Å². The Labute approximate surface area is 173 Å². The number of rotatable bonds is 2. The smallest absolute Gasteiger partial charge is 0.324 e. The van der Waals surface area contributed by atoms with Gasteiger partial charge in [0.15, 0.2) is 12.4 Å². The van der Waals surface area contributed by atoms with Crippen LogP contribution in [0.15, 0.2) is 30.5 Å². The Morgan fingerprint density at radius 1 is 1.24 bits per heavy atom. The molecule has 1 N–H and O–H groups in total. The van der Waals surface area contributed by atoms with E-state index < -0.39 is 0 Å². The van der Waals surface area contributed by atoms with Crippen molar-refractivity contribution in [2.24, 2.45) is 23.2 Å². The fourth-order valence-corrected chi connectivity index (χ4v) is 6.71. The van der Waals surface area contributed by atoms with Gasteiger partial charge in [-0.3, -0.25) is 4.79 Å². The van der Waals surface area contributed by atoms with E-state index in [2.05, 4.69) is 19.1 Å². The van der Waals surface area contributed by atoms with Crippen LogP contribution in [0.5, 0.6) is 5.75 Å². The number of aryl methyl sites for hydroxylation is 1. The summed E-state index contributed by atoms with van der Waals surface area (Å²) in [4.78, 5) is 12.6. The van der Waals surface area contributed by atoms with Crippen LogP contribution < -0.4 is 4.74 Å². The number of hydrogen-bond acceptors (Lipinski definition) is 3. The second-order valence-corrected chi connectivity index (χ2v) is 9.88. The summed E-state index contributed by atoms with van der Waals surface area (Å²) in [6.45, 7) is 2.32. The second kappa shape index (κ2) is 7.09. The molecule has 0 radical (unpaired) electrons. The predicted molar refractivity (Wildman–Crippen MR) is 112 cm³/mol. The summed E-state index contributed by atoms with van der Waals surface area (Å²) in [6, 6.07) is 6.29. The van der Waals surface area contributed by atoms with Crippen LogP contribution >= 0.6 is 0 Å². The number of aliphatic hydroxyl groups excluding tert-OH is 1. The number of ether oxygens (including phenoxy) is 1. The average Bonchev–Trinajstić information content (AvgIpc) is 3.02. The molecule has 29 heavy (non-hydrogen) atoms. The van der Waals surface area contributed by atoms with Crippen LogP contribution in [0.25, 0.3) is 0 Å². The van der Waals surface area contributed by atoms with Crippen molar-refractivity contribution in [2.75, 3.05) is 7.05 Å². The number of allylic oxidation sites excluding steroid dienone is 1. The zero-order valence-corrected chi connectivity index (χ0v) is 17.5. The maximum Gasteiger partial charge on any atom is 0.324 e. The van der Waals surface area contributed by atoms with Crippen molar-refractivity contribution < 1.29 is 19.2 Å². The van der Waals surface area contributed by atoms with E-state index in [9.17, 15) is 9.90 Å². The maximum atomic E-state index is 12.6. The number of fused-ring (bicyclic) bond motifs is 5. The zero-order valence-electron chi connectivity index (χ0n) is 17.5. The third kappa shape index (κ3) is 3.16. The lowest BCUT2D eigenvalue weighted by Gasteiger charge is -2.50. The zero-order chi connectivity index (χ0) is 20.2. The Morgan fingerprint density at radius 3 is 2.93 bits per heavy atom. The maximum absolute atomic E-state index is 12.6. The number of carbonyl (C=O) groups excluding carboxylic acids is 1. The molecule has 0 bridgehead atoms. The molecule has 2 fully saturated rings. The quantitative estimate of drug-likeness (QED) is 0.468. The minimum Gasteiger partial charge on any atom is -0.426 e. The molecule has 3 aliphatic carbocycles. The van der Waals surface area contributed by atoms with Gasteiger partial charge in [-0.25, -0.2) is 4.58 Å². The number of hydrogen-bond donors (Lipinski definition) is 1. The molecule has 154 valence electrons. The lowest BCUT2D eigenvalue weighted by molar-refractivity contribution is -0.421. The molecule has 4 unspecified atom stereocenters. The Hall–Kier alpha value is -1.94. The number of carbonyl (C=O) groups is 1. The van der Waals surface area contributed by atoms with Gasteiger partial charge in [0.2, 0.25) is 0 Å². The summed E-state index contributed by atoms with van der Waals surface area (Å²) in [5, 5.41) is 10.6. The van der Waals surface area contributed by atoms with Crippen LogP contribution in [-0.2, 0) is 11.2 Å². The van der Waals surface area contributed by atoms with Gasteiger partial charge in [0, 0.05) is 0 Å². The van der Waals surface area contributed by atoms with Gasteiger partial charge < -0.3 is 9.84 Å². The van der Waals surface area contributed by atoms with Gasteiger partial charge in [0.05, 0.1) is 6.10 Å². The molecule has 4 aliphatic rings. The number of aliphatic hydroxyl groups is 1. The molecule has 0 saturated heterocycles. The second-order valence-electron chi connectivity index (χ2n) is 9.88. The topological polar surface area (TPSA) is 49.5 Å². The minimum atomic E-state index is -0.213. The van der Waals surface area contributed by atoms with Gasteiger partial charge in [-0.2, -0.15) is 0 Å². The lowest BCUT2D eigenvalue weighted by Crippen LogP contribution is -2.43. The van der Waals surface area contributed by atoms with Crippen LogP contribution in [-0.4, -0.2) is 35.0 Å². The number of benzene rings is 1. The molecule has 1 aromatic carbocycles. The van der Waals surface area contributed by atoms with Gasteiger partial charge >= 0.3 is 5.97 Å². The Morgan fingerprint density at radius 2 is 2.10 bits per heavy atom. The van der Waals surface area contributed by atoms with Crippen molar-refractivity contribution in [2.45, 2.75) is 63.9 Å².